The Hall–Kier alpha value is -3.29. The van der Waals surface area contributed by atoms with Crippen LogP contribution in [0.2, 0.25) is 0 Å². The van der Waals surface area contributed by atoms with E-state index in [9.17, 15) is 14.9 Å². The van der Waals surface area contributed by atoms with Gasteiger partial charge in [-0.25, -0.2) is 0 Å². The Balaban J connectivity index is 1.66. The number of fused-ring (bicyclic) bond motifs is 1. The van der Waals surface area contributed by atoms with Gasteiger partial charge >= 0.3 is 0 Å². The third kappa shape index (κ3) is 5.37. The molecule has 29 heavy (non-hydrogen) atoms. The van der Waals surface area contributed by atoms with Crippen LogP contribution in [-0.4, -0.2) is 30.7 Å². The van der Waals surface area contributed by atoms with Crippen molar-refractivity contribution in [3.8, 4) is 17.2 Å². The second-order valence-corrected chi connectivity index (χ2v) is 7.09. The van der Waals surface area contributed by atoms with Crippen LogP contribution in [0.25, 0.3) is 0 Å². The highest BCUT2D eigenvalue weighted by Crippen LogP contribution is 2.34. The molecule has 0 saturated heterocycles. The van der Waals surface area contributed by atoms with E-state index in [0.29, 0.717) is 24.7 Å². The van der Waals surface area contributed by atoms with E-state index in [1.54, 1.807) is 6.07 Å². The standard InChI is InChI=1S/C21H24N2O6/c1-14(2)21(15-7-8-18-19(11-15)28-10-4-9-27-18)22-20(24)13-29-17-6-3-5-16(12-17)23(25)26/h3,5-8,11-12,14,21H,4,9-10,13H2,1-2H3,(H,22,24). The highest BCUT2D eigenvalue weighted by atomic mass is 16.6. The molecular weight excluding hydrogens is 376 g/mol. The second-order valence-electron chi connectivity index (χ2n) is 7.09. The Morgan fingerprint density at radius 1 is 1.17 bits per heavy atom. The maximum Gasteiger partial charge on any atom is 0.273 e. The smallest absolute Gasteiger partial charge is 0.273 e. The van der Waals surface area contributed by atoms with Crippen molar-refractivity contribution < 1.29 is 23.9 Å². The summed E-state index contributed by atoms with van der Waals surface area (Å²) in [5, 5.41) is 13.8. The van der Waals surface area contributed by atoms with Crippen LogP contribution < -0.4 is 19.5 Å². The Labute approximate surface area is 168 Å². The number of hydrogen-bond donors (Lipinski definition) is 1. The van der Waals surface area contributed by atoms with Gasteiger partial charge in [0.2, 0.25) is 0 Å². The molecule has 0 saturated carbocycles. The van der Waals surface area contributed by atoms with Gasteiger partial charge in [0.25, 0.3) is 11.6 Å². The van der Waals surface area contributed by atoms with Gasteiger partial charge in [0, 0.05) is 12.5 Å². The van der Waals surface area contributed by atoms with Crippen LogP contribution in [-0.2, 0) is 4.79 Å². The minimum absolute atomic E-state index is 0.0878. The molecule has 1 heterocycles. The van der Waals surface area contributed by atoms with Crippen LogP contribution in [0.1, 0.15) is 31.9 Å². The molecule has 8 nitrogen and oxygen atoms in total. The number of nitro groups is 1. The van der Waals surface area contributed by atoms with Gasteiger partial charge in [0.1, 0.15) is 5.75 Å². The van der Waals surface area contributed by atoms with Crippen molar-refractivity contribution in [2.75, 3.05) is 19.8 Å². The van der Waals surface area contributed by atoms with E-state index in [2.05, 4.69) is 5.32 Å². The van der Waals surface area contributed by atoms with Crippen LogP contribution >= 0.6 is 0 Å². The molecule has 0 spiro atoms. The number of nitro benzene ring substituents is 1. The zero-order chi connectivity index (χ0) is 20.8. The molecule has 0 radical (unpaired) electrons. The number of carbonyl (C=O) groups excluding carboxylic acids is 1. The zero-order valence-electron chi connectivity index (χ0n) is 16.4. The molecule has 8 heteroatoms. The van der Waals surface area contributed by atoms with Crippen molar-refractivity contribution in [2.24, 2.45) is 5.92 Å². The normalized spacial score (nSPS) is 14.0. The van der Waals surface area contributed by atoms with E-state index in [4.69, 9.17) is 14.2 Å². The molecule has 3 rings (SSSR count). The molecule has 0 aromatic heterocycles. The summed E-state index contributed by atoms with van der Waals surface area (Å²) in [6, 6.07) is 11.2. The van der Waals surface area contributed by atoms with E-state index >= 15 is 0 Å². The lowest BCUT2D eigenvalue weighted by molar-refractivity contribution is -0.384. The van der Waals surface area contributed by atoms with Gasteiger partial charge in [0.15, 0.2) is 18.1 Å². The van der Waals surface area contributed by atoms with E-state index in [1.165, 1.54) is 18.2 Å². The predicted octanol–water partition coefficient (Wildman–Crippen LogP) is 3.65. The average molecular weight is 400 g/mol. The monoisotopic (exact) mass is 400 g/mol. The summed E-state index contributed by atoms with van der Waals surface area (Å²) in [4.78, 5) is 22.8. The Morgan fingerprint density at radius 3 is 2.66 bits per heavy atom. The van der Waals surface area contributed by atoms with Crippen molar-refractivity contribution in [3.63, 3.8) is 0 Å². The Kier molecular flexibility index (Phi) is 6.54. The SMILES string of the molecule is CC(C)C(NC(=O)COc1cccc([N+](=O)[O-])c1)c1ccc2c(c1)OCCCO2. The van der Waals surface area contributed by atoms with Crippen molar-refractivity contribution in [1.82, 2.24) is 5.32 Å². The van der Waals surface area contributed by atoms with Crippen LogP contribution in [0.4, 0.5) is 5.69 Å². The van der Waals surface area contributed by atoms with E-state index in [0.717, 1.165) is 12.0 Å². The molecule has 2 aromatic rings. The number of nitrogens with zero attached hydrogens (tertiary/aromatic N) is 1. The summed E-state index contributed by atoms with van der Waals surface area (Å²) < 4.78 is 16.8. The Morgan fingerprint density at radius 2 is 1.93 bits per heavy atom. The van der Waals surface area contributed by atoms with Gasteiger partial charge in [-0.15, -0.1) is 0 Å². The van der Waals surface area contributed by atoms with Crippen molar-refractivity contribution in [1.29, 1.82) is 0 Å². The number of ether oxygens (including phenoxy) is 3. The first-order chi connectivity index (χ1) is 13.9. The summed E-state index contributed by atoms with van der Waals surface area (Å²) in [6.07, 6.45) is 0.823. The molecule has 1 amide bonds. The predicted molar refractivity (Wildman–Crippen MR) is 106 cm³/mol. The molecule has 1 atom stereocenters. The number of hydrogen-bond acceptors (Lipinski definition) is 6. The first-order valence-corrected chi connectivity index (χ1v) is 9.50. The summed E-state index contributed by atoms with van der Waals surface area (Å²) in [7, 11) is 0. The van der Waals surface area contributed by atoms with Crippen LogP contribution in [0, 0.1) is 16.0 Å². The minimum atomic E-state index is -0.508. The Bertz CT molecular complexity index is 883. The summed E-state index contributed by atoms with van der Waals surface area (Å²) in [5.74, 6) is 1.46. The van der Waals surface area contributed by atoms with Crippen LogP contribution in [0.15, 0.2) is 42.5 Å². The number of non-ortho nitro benzene ring substituents is 1. The van der Waals surface area contributed by atoms with Gasteiger partial charge < -0.3 is 19.5 Å². The van der Waals surface area contributed by atoms with Gasteiger partial charge in [-0.1, -0.05) is 26.0 Å². The molecular formula is C21H24N2O6. The second kappa shape index (κ2) is 9.27. The molecule has 0 bridgehead atoms. The lowest BCUT2D eigenvalue weighted by Gasteiger charge is -2.24. The summed E-state index contributed by atoms with van der Waals surface area (Å²) in [6.45, 7) is 4.98. The summed E-state index contributed by atoms with van der Waals surface area (Å²) in [5.41, 5.74) is 0.822. The molecule has 2 aromatic carbocycles. The first-order valence-electron chi connectivity index (χ1n) is 9.50. The maximum atomic E-state index is 12.4. The fraction of sp³-hybridized carbons (Fsp3) is 0.381. The van der Waals surface area contributed by atoms with E-state index in [-0.39, 0.29) is 35.9 Å². The highest BCUT2D eigenvalue weighted by molar-refractivity contribution is 5.78. The van der Waals surface area contributed by atoms with E-state index in [1.807, 2.05) is 32.0 Å². The molecule has 154 valence electrons. The molecule has 1 aliphatic heterocycles. The van der Waals surface area contributed by atoms with Crippen LogP contribution in [0.3, 0.4) is 0 Å². The number of amides is 1. The van der Waals surface area contributed by atoms with Crippen molar-refractivity contribution in [3.05, 3.63) is 58.1 Å². The molecule has 1 unspecified atom stereocenters. The lowest BCUT2D eigenvalue weighted by atomic mass is 9.95. The molecule has 1 N–H and O–H groups in total. The topological polar surface area (TPSA) is 99.9 Å². The molecule has 0 fully saturated rings. The van der Waals surface area contributed by atoms with Gasteiger partial charge in [0.05, 0.1) is 30.2 Å². The van der Waals surface area contributed by atoms with E-state index < -0.39 is 4.92 Å². The van der Waals surface area contributed by atoms with Crippen molar-refractivity contribution >= 4 is 11.6 Å². The van der Waals surface area contributed by atoms with Gasteiger partial charge in [-0.3, -0.25) is 14.9 Å². The summed E-state index contributed by atoms with van der Waals surface area (Å²) >= 11 is 0. The van der Waals surface area contributed by atoms with Gasteiger partial charge in [-0.05, 0) is 29.7 Å². The quantitative estimate of drug-likeness (QED) is 0.562. The highest BCUT2D eigenvalue weighted by Gasteiger charge is 2.21. The number of nitrogens with one attached hydrogen (secondary N) is 1. The fourth-order valence-electron chi connectivity index (χ4n) is 3.06. The van der Waals surface area contributed by atoms with Crippen molar-refractivity contribution in [2.45, 2.75) is 26.3 Å². The van der Waals surface area contributed by atoms with Gasteiger partial charge in [-0.2, -0.15) is 0 Å². The first kappa shape index (κ1) is 20.4. The number of benzene rings is 2. The zero-order valence-corrected chi connectivity index (χ0v) is 16.4. The average Bonchev–Trinajstić information content (AvgIpc) is 2.95. The number of rotatable bonds is 7. The molecule has 0 aliphatic carbocycles. The maximum absolute atomic E-state index is 12.4. The van der Waals surface area contributed by atoms with Crippen LogP contribution in [0.5, 0.6) is 17.2 Å². The fourth-order valence-corrected chi connectivity index (χ4v) is 3.06. The lowest BCUT2D eigenvalue weighted by Crippen LogP contribution is -2.35. The molecule has 1 aliphatic rings. The largest absolute Gasteiger partial charge is 0.490 e. The number of carbonyl (C=O) groups is 1. The third-order valence-electron chi connectivity index (χ3n) is 4.51. The third-order valence-corrected chi connectivity index (χ3v) is 4.51. The minimum Gasteiger partial charge on any atom is -0.490 e.